The fourth-order valence-electron chi connectivity index (χ4n) is 6.19. The number of nitrogens with one attached hydrogen (secondary N) is 2. The molecule has 0 radical (unpaired) electrons. The second-order valence-corrected chi connectivity index (χ2v) is 14.4. The van der Waals surface area contributed by atoms with Gasteiger partial charge in [0.25, 0.3) is 0 Å². The summed E-state index contributed by atoms with van der Waals surface area (Å²) >= 11 is 0. The number of anilines is 1. The molecule has 2 aliphatic carbocycles. The highest BCUT2D eigenvalue weighted by atomic mass is 16.5. The van der Waals surface area contributed by atoms with Crippen molar-refractivity contribution >= 4 is 23.3 Å². The van der Waals surface area contributed by atoms with Gasteiger partial charge in [0.1, 0.15) is 23.5 Å². The van der Waals surface area contributed by atoms with E-state index in [0.717, 1.165) is 41.2 Å². The zero-order valence-electron chi connectivity index (χ0n) is 28.5. The van der Waals surface area contributed by atoms with E-state index in [2.05, 4.69) is 43.8 Å². The van der Waals surface area contributed by atoms with E-state index < -0.39 is 6.03 Å². The Bertz CT molecular complexity index is 1790. The summed E-state index contributed by atoms with van der Waals surface area (Å²) in [6, 6.07) is 13.0. The highest BCUT2D eigenvalue weighted by molar-refractivity contribution is 5.94. The van der Waals surface area contributed by atoms with Gasteiger partial charge in [-0.25, -0.2) is 14.8 Å². The predicted molar refractivity (Wildman–Crippen MR) is 182 cm³/mol. The molecule has 254 valence electrons. The molecule has 3 aromatic heterocycles. The van der Waals surface area contributed by atoms with Crippen LogP contribution in [0.3, 0.4) is 0 Å². The number of aromatic nitrogens is 5. The summed E-state index contributed by atoms with van der Waals surface area (Å²) in [5.74, 6) is 1.91. The minimum absolute atomic E-state index is 0.0704. The fraction of sp³-hybridized carbons (Fsp3) is 0.500. The van der Waals surface area contributed by atoms with Gasteiger partial charge in [-0.05, 0) is 69.0 Å². The summed E-state index contributed by atoms with van der Waals surface area (Å²) in [6.07, 6.45) is 6.29. The van der Waals surface area contributed by atoms with E-state index in [9.17, 15) is 9.59 Å². The molecular weight excluding hydrogens is 608 g/mol. The van der Waals surface area contributed by atoms with Gasteiger partial charge < -0.3 is 20.1 Å². The molecule has 3 heterocycles. The SMILES string of the molecule is CN(CCO)CCCC(=O)c1nc(NC(=O)N[C@H]2CC[C@@H](Oc3ccc4nnc(C5(C)CC5)n4c3)c3ccccc32)cc(C(C)(C)C)n1. The Morgan fingerprint density at radius 1 is 1.06 bits per heavy atom. The minimum atomic E-state index is -0.407. The van der Waals surface area contributed by atoms with Crippen LogP contribution in [0.2, 0.25) is 0 Å². The quantitative estimate of drug-likeness (QED) is 0.168. The average Bonchev–Trinajstić information content (AvgIpc) is 3.65. The van der Waals surface area contributed by atoms with Crippen molar-refractivity contribution in [3.8, 4) is 5.75 Å². The maximum atomic E-state index is 13.4. The molecule has 4 aromatic rings. The number of rotatable bonds is 12. The molecule has 0 aliphatic heterocycles. The van der Waals surface area contributed by atoms with Crippen LogP contribution in [-0.2, 0) is 10.8 Å². The largest absolute Gasteiger partial charge is 0.484 e. The molecule has 3 N–H and O–H groups in total. The molecule has 1 saturated carbocycles. The molecular formula is C36H46N8O4. The van der Waals surface area contributed by atoms with Crippen LogP contribution >= 0.6 is 0 Å². The standard InChI is InChI=1S/C36H46N8O4/c1-35(2,3)29-21-30(39-32(38-29)27(46)11-8-18-43(5)19-20-45)40-34(47)37-26-13-14-28(25-10-7-6-9-24(25)26)48-23-12-15-31-41-42-33(44(31)22-23)36(4)16-17-36/h6-7,9-10,12,15,21-22,26,28,45H,8,11,13-14,16-20H2,1-5H3,(H2,37,38,39,40,47)/t26-,28+/m0/s1. The summed E-state index contributed by atoms with van der Waals surface area (Å²) in [6.45, 7) is 9.52. The number of ether oxygens (including phenoxy) is 1. The van der Waals surface area contributed by atoms with Crippen molar-refractivity contribution in [2.45, 2.75) is 89.2 Å². The van der Waals surface area contributed by atoms with Crippen molar-refractivity contribution in [1.82, 2.24) is 34.8 Å². The number of urea groups is 1. The minimum Gasteiger partial charge on any atom is -0.484 e. The molecule has 0 unspecified atom stereocenters. The number of benzene rings is 1. The zero-order valence-corrected chi connectivity index (χ0v) is 28.5. The number of pyridine rings is 1. The maximum absolute atomic E-state index is 13.4. The number of aliphatic hydroxyl groups is 1. The lowest BCUT2D eigenvalue weighted by molar-refractivity contribution is 0.0964. The number of fused-ring (bicyclic) bond motifs is 2. The predicted octanol–water partition coefficient (Wildman–Crippen LogP) is 5.53. The number of nitrogens with zero attached hydrogens (tertiary/aromatic N) is 6. The van der Waals surface area contributed by atoms with Crippen LogP contribution in [-0.4, -0.2) is 73.1 Å². The van der Waals surface area contributed by atoms with E-state index in [-0.39, 0.29) is 53.4 Å². The van der Waals surface area contributed by atoms with Crippen LogP contribution in [0, 0.1) is 0 Å². The number of ketones is 1. The maximum Gasteiger partial charge on any atom is 0.320 e. The fourth-order valence-corrected chi connectivity index (χ4v) is 6.19. The Balaban J connectivity index is 1.14. The van der Waals surface area contributed by atoms with E-state index in [1.54, 1.807) is 6.07 Å². The first kappa shape index (κ1) is 33.5. The lowest BCUT2D eigenvalue weighted by atomic mass is 9.85. The van der Waals surface area contributed by atoms with E-state index in [4.69, 9.17) is 9.84 Å². The van der Waals surface area contributed by atoms with Crippen LogP contribution in [0.25, 0.3) is 5.65 Å². The number of Topliss-reactive ketones (excluding diaryl/α,β-unsaturated/α-hetero) is 1. The molecule has 12 nitrogen and oxygen atoms in total. The third kappa shape index (κ3) is 7.50. The van der Waals surface area contributed by atoms with E-state index in [0.29, 0.717) is 38.0 Å². The van der Waals surface area contributed by atoms with Crippen molar-refractivity contribution in [3.05, 3.63) is 77.1 Å². The number of hydrogen-bond donors (Lipinski definition) is 3. The molecule has 0 spiro atoms. The van der Waals surface area contributed by atoms with Crippen molar-refractivity contribution in [2.24, 2.45) is 0 Å². The van der Waals surface area contributed by atoms with Gasteiger partial charge in [0.15, 0.2) is 17.3 Å². The Kier molecular flexibility index (Phi) is 9.48. The number of carbonyl (C=O) groups excluding carboxylic acids is 2. The molecule has 12 heteroatoms. The van der Waals surface area contributed by atoms with Gasteiger partial charge in [-0.15, -0.1) is 10.2 Å². The smallest absolute Gasteiger partial charge is 0.320 e. The van der Waals surface area contributed by atoms with Gasteiger partial charge in [-0.3, -0.25) is 14.5 Å². The lowest BCUT2D eigenvalue weighted by Crippen LogP contribution is -2.36. The van der Waals surface area contributed by atoms with Gasteiger partial charge in [0.2, 0.25) is 0 Å². The number of hydrogen-bond acceptors (Lipinski definition) is 9. The molecule has 2 atom stereocenters. The highest BCUT2D eigenvalue weighted by Gasteiger charge is 2.43. The molecule has 1 fully saturated rings. The molecule has 6 rings (SSSR count). The van der Waals surface area contributed by atoms with Crippen molar-refractivity contribution in [2.75, 3.05) is 32.1 Å². The van der Waals surface area contributed by atoms with Gasteiger partial charge in [0, 0.05) is 29.9 Å². The summed E-state index contributed by atoms with van der Waals surface area (Å²) in [5, 5.41) is 23.9. The average molecular weight is 655 g/mol. The van der Waals surface area contributed by atoms with E-state index in [1.165, 1.54) is 0 Å². The number of aliphatic hydroxyl groups excluding tert-OH is 1. The molecule has 0 bridgehead atoms. The molecule has 2 aliphatic rings. The van der Waals surface area contributed by atoms with Crippen LogP contribution in [0.1, 0.15) is 112 Å². The van der Waals surface area contributed by atoms with Gasteiger partial charge in [-0.1, -0.05) is 52.0 Å². The Morgan fingerprint density at radius 3 is 2.56 bits per heavy atom. The third-order valence-corrected chi connectivity index (χ3v) is 9.35. The first-order valence-corrected chi connectivity index (χ1v) is 16.8. The second-order valence-electron chi connectivity index (χ2n) is 14.4. The van der Waals surface area contributed by atoms with E-state index in [1.807, 2.05) is 73.6 Å². The Hall–Kier alpha value is -4.42. The van der Waals surface area contributed by atoms with Crippen molar-refractivity contribution in [1.29, 1.82) is 0 Å². The molecule has 48 heavy (non-hydrogen) atoms. The topological polar surface area (TPSA) is 147 Å². The molecule has 2 amide bonds. The Morgan fingerprint density at radius 2 is 1.83 bits per heavy atom. The van der Waals surface area contributed by atoms with Gasteiger partial charge in [-0.2, -0.15) is 0 Å². The number of amides is 2. The third-order valence-electron chi connectivity index (χ3n) is 9.35. The Labute approximate surface area is 281 Å². The summed E-state index contributed by atoms with van der Waals surface area (Å²) in [7, 11) is 1.90. The van der Waals surface area contributed by atoms with Crippen LogP contribution < -0.4 is 15.4 Å². The van der Waals surface area contributed by atoms with E-state index >= 15 is 0 Å². The normalized spacial score (nSPS) is 18.4. The monoisotopic (exact) mass is 654 g/mol. The van der Waals surface area contributed by atoms with Gasteiger partial charge >= 0.3 is 6.03 Å². The zero-order chi connectivity index (χ0) is 34.1. The molecule has 0 saturated heterocycles. The number of likely N-dealkylation sites (N-methyl/N-ethyl adjacent to an activating group) is 1. The first-order chi connectivity index (χ1) is 22.9. The van der Waals surface area contributed by atoms with Crippen molar-refractivity contribution in [3.63, 3.8) is 0 Å². The van der Waals surface area contributed by atoms with Crippen molar-refractivity contribution < 1.29 is 19.4 Å². The first-order valence-electron chi connectivity index (χ1n) is 16.8. The van der Waals surface area contributed by atoms with Crippen LogP contribution in [0.5, 0.6) is 5.75 Å². The van der Waals surface area contributed by atoms with Crippen LogP contribution in [0.15, 0.2) is 48.7 Å². The summed E-state index contributed by atoms with van der Waals surface area (Å²) < 4.78 is 8.61. The highest BCUT2D eigenvalue weighted by Crippen LogP contribution is 2.47. The van der Waals surface area contributed by atoms with Crippen LogP contribution in [0.4, 0.5) is 10.6 Å². The molecule has 1 aromatic carbocycles. The summed E-state index contributed by atoms with van der Waals surface area (Å²) in [5.41, 5.74) is 3.22. The van der Waals surface area contributed by atoms with Gasteiger partial charge in [0.05, 0.1) is 24.5 Å². The second kappa shape index (κ2) is 13.6. The number of carbonyl (C=O) groups is 2. The lowest BCUT2D eigenvalue weighted by Gasteiger charge is -2.32. The summed E-state index contributed by atoms with van der Waals surface area (Å²) in [4.78, 5) is 37.5.